The molecule has 0 aliphatic rings. The number of hydrogen-bond donors (Lipinski definition) is 0. The van der Waals surface area contributed by atoms with Gasteiger partial charge in [0.25, 0.3) is 0 Å². The molecule has 1 aromatic rings. The van der Waals surface area contributed by atoms with Gasteiger partial charge in [-0.25, -0.2) is 12.7 Å². The number of carbonyl (C=O) groups excluding carboxylic acids is 1. The highest BCUT2D eigenvalue weighted by atomic mass is 35.5. The van der Waals surface area contributed by atoms with Crippen molar-refractivity contribution < 1.29 is 18.3 Å². The summed E-state index contributed by atoms with van der Waals surface area (Å²) in [6, 6.07) is 2.31. The summed E-state index contributed by atoms with van der Waals surface area (Å²) in [7, 11) is 2.11. The van der Waals surface area contributed by atoms with Crippen LogP contribution in [0.2, 0.25) is 5.02 Å². The third-order valence-corrected chi connectivity index (χ3v) is 4.79. The lowest BCUT2D eigenvalue weighted by Gasteiger charge is -2.21. The Kier molecular flexibility index (Phi) is 4.44. The molecule has 0 amide bonds. The van der Waals surface area contributed by atoms with Crippen molar-refractivity contribution in [2.75, 3.05) is 33.1 Å². The molecule has 0 atom stereocenters. The summed E-state index contributed by atoms with van der Waals surface area (Å²) in [6.07, 6.45) is 0. The van der Waals surface area contributed by atoms with Gasteiger partial charge in [-0.1, -0.05) is 11.6 Å². The van der Waals surface area contributed by atoms with Crippen molar-refractivity contribution in [3.63, 3.8) is 0 Å². The first-order chi connectivity index (χ1) is 8.59. The first-order valence-electron chi connectivity index (χ1n) is 5.23. The zero-order valence-corrected chi connectivity index (χ0v) is 12.5. The van der Waals surface area contributed by atoms with Gasteiger partial charge in [0.15, 0.2) is 0 Å². The molecule has 0 aliphatic carbocycles. The van der Waals surface area contributed by atoms with Crippen molar-refractivity contribution in [1.82, 2.24) is 4.31 Å². The van der Waals surface area contributed by atoms with Gasteiger partial charge in [0, 0.05) is 39.4 Å². The highest BCUT2D eigenvalue weighted by Gasteiger charge is 2.23. The highest BCUT2D eigenvalue weighted by molar-refractivity contribution is 7.89. The quantitative estimate of drug-likeness (QED) is 0.783. The van der Waals surface area contributed by atoms with Crippen molar-refractivity contribution in [2.45, 2.75) is 4.90 Å². The molecule has 0 N–H and O–H groups in total. The molecular formula is C11H14ClN2O4S-. The molecule has 1 aromatic carbocycles. The molecule has 19 heavy (non-hydrogen) atoms. The Morgan fingerprint density at radius 3 is 2.11 bits per heavy atom. The summed E-state index contributed by atoms with van der Waals surface area (Å²) in [5.74, 6) is -1.46. The molecule has 0 heterocycles. The fourth-order valence-electron chi connectivity index (χ4n) is 1.47. The van der Waals surface area contributed by atoms with E-state index in [0.29, 0.717) is 0 Å². The summed E-state index contributed by atoms with van der Waals surface area (Å²) in [5.41, 5.74) is 0.0533. The second-order valence-electron chi connectivity index (χ2n) is 4.27. The molecule has 0 fully saturated rings. The van der Waals surface area contributed by atoms with Crippen LogP contribution in [0.25, 0.3) is 0 Å². The van der Waals surface area contributed by atoms with Gasteiger partial charge >= 0.3 is 0 Å². The Balaban J connectivity index is 3.64. The third kappa shape index (κ3) is 2.99. The van der Waals surface area contributed by atoms with E-state index in [-0.39, 0.29) is 21.2 Å². The smallest absolute Gasteiger partial charge is 0.244 e. The van der Waals surface area contributed by atoms with Crippen molar-refractivity contribution in [1.29, 1.82) is 0 Å². The average molecular weight is 306 g/mol. The molecule has 0 aliphatic heterocycles. The minimum atomic E-state index is -3.81. The van der Waals surface area contributed by atoms with E-state index in [1.807, 2.05) is 0 Å². The Labute approximate surface area is 117 Å². The molecular weight excluding hydrogens is 292 g/mol. The number of halogens is 1. The maximum Gasteiger partial charge on any atom is 0.244 e. The fourth-order valence-corrected chi connectivity index (χ4v) is 2.89. The number of anilines is 1. The van der Waals surface area contributed by atoms with Crippen LogP contribution in [0.4, 0.5) is 5.69 Å². The largest absolute Gasteiger partial charge is 0.545 e. The Morgan fingerprint density at radius 1 is 1.21 bits per heavy atom. The van der Waals surface area contributed by atoms with Gasteiger partial charge < -0.3 is 14.8 Å². The third-order valence-electron chi connectivity index (χ3n) is 2.51. The zero-order valence-electron chi connectivity index (χ0n) is 11.0. The van der Waals surface area contributed by atoms with E-state index in [2.05, 4.69) is 0 Å². The molecule has 0 saturated heterocycles. The van der Waals surface area contributed by atoms with Gasteiger partial charge in [0.2, 0.25) is 10.0 Å². The second-order valence-corrected chi connectivity index (χ2v) is 6.80. The van der Waals surface area contributed by atoms with Crippen LogP contribution in [0.5, 0.6) is 0 Å². The molecule has 0 radical (unpaired) electrons. The zero-order chi connectivity index (χ0) is 15.0. The highest BCUT2D eigenvalue weighted by Crippen LogP contribution is 2.31. The SMILES string of the molecule is CN(C)c1cc(Cl)c(S(=O)(=O)N(C)C)cc1C(=O)[O-]. The van der Waals surface area contributed by atoms with E-state index in [4.69, 9.17) is 11.6 Å². The molecule has 0 unspecified atom stereocenters. The van der Waals surface area contributed by atoms with Gasteiger partial charge in [-0.3, -0.25) is 0 Å². The lowest BCUT2D eigenvalue weighted by atomic mass is 10.1. The number of rotatable bonds is 4. The normalized spacial score (nSPS) is 11.7. The number of benzene rings is 1. The number of carboxylic acids is 1. The number of nitrogens with zero attached hydrogens (tertiary/aromatic N) is 2. The Bertz CT molecular complexity index is 611. The molecule has 1 rings (SSSR count). The molecule has 0 spiro atoms. The summed E-state index contributed by atoms with van der Waals surface area (Å²) in [4.78, 5) is 12.4. The van der Waals surface area contributed by atoms with Crippen LogP contribution in [0, 0.1) is 0 Å². The number of aromatic carboxylic acids is 1. The van der Waals surface area contributed by atoms with Gasteiger partial charge in [-0.05, 0) is 12.1 Å². The number of carbonyl (C=O) groups is 1. The van der Waals surface area contributed by atoms with E-state index in [9.17, 15) is 18.3 Å². The maximum absolute atomic E-state index is 12.0. The van der Waals surface area contributed by atoms with Crippen molar-refractivity contribution in [3.8, 4) is 0 Å². The molecule has 0 bridgehead atoms. The van der Waals surface area contributed by atoms with E-state index in [1.54, 1.807) is 14.1 Å². The van der Waals surface area contributed by atoms with Gasteiger partial charge in [-0.15, -0.1) is 0 Å². The molecule has 0 aromatic heterocycles. The summed E-state index contributed by atoms with van der Waals surface area (Å²) < 4.78 is 25.0. The van der Waals surface area contributed by atoms with Gasteiger partial charge in [-0.2, -0.15) is 0 Å². The van der Waals surface area contributed by atoms with Crippen molar-refractivity contribution >= 4 is 33.3 Å². The predicted molar refractivity (Wildman–Crippen MR) is 71.0 cm³/mol. The number of sulfonamides is 1. The summed E-state index contributed by atoms with van der Waals surface area (Å²) in [6.45, 7) is 0. The Morgan fingerprint density at radius 2 is 1.74 bits per heavy atom. The van der Waals surface area contributed by atoms with Gasteiger partial charge in [0.05, 0.1) is 11.0 Å². The first-order valence-corrected chi connectivity index (χ1v) is 7.05. The summed E-state index contributed by atoms with van der Waals surface area (Å²) >= 11 is 5.93. The van der Waals surface area contributed by atoms with Crippen LogP contribution >= 0.6 is 11.6 Å². The van der Waals surface area contributed by atoms with Crippen LogP contribution in [0.3, 0.4) is 0 Å². The van der Waals surface area contributed by atoms with Crippen molar-refractivity contribution in [2.24, 2.45) is 0 Å². The van der Waals surface area contributed by atoms with Crippen LogP contribution in [0.1, 0.15) is 10.4 Å². The van der Waals surface area contributed by atoms with Crippen LogP contribution < -0.4 is 10.0 Å². The summed E-state index contributed by atoms with van der Waals surface area (Å²) in [5, 5.41) is 11.1. The maximum atomic E-state index is 12.0. The Hall–Kier alpha value is -1.31. The molecule has 106 valence electrons. The monoisotopic (exact) mass is 305 g/mol. The number of hydrogen-bond acceptors (Lipinski definition) is 5. The topological polar surface area (TPSA) is 80.8 Å². The van der Waals surface area contributed by atoms with Crippen LogP contribution in [0.15, 0.2) is 17.0 Å². The average Bonchev–Trinajstić information content (AvgIpc) is 2.27. The van der Waals surface area contributed by atoms with E-state index >= 15 is 0 Å². The van der Waals surface area contributed by atoms with Crippen molar-refractivity contribution in [3.05, 3.63) is 22.7 Å². The number of carboxylic acid groups (broad SMARTS) is 1. The standard InChI is InChI=1S/C11H15ClN2O4S/c1-13(2)9-6-8(12)10(5-7(9)11(15)16)19(17,18)14(3)4/h5-6H,1-4H3,(H,15,16)/p-1. The van der Waals surface area contributed by atoms with Crippen LogP contribution in [-0.4, -0.2) is 46.9 Å². The second kappa shape index (κ2) is 5.36. The van der Waals surface area contributed by atoms with E-state index < -0.39 is 16.0 Å². The van der Waals surface area contributed by atoms with E-state index in [0.717, 1.165) is 10.4 Å². The molecule has 0 saturated carbocycles. The fraction of sp³-hybridized carbons (Fsp3) is 0.364. The molecule has 8 heteroatoms. The first kappa shape index (κ1) is 15.7. The lowest BCUT2D eigenvalue weighted by Crippen LogP contribution is -2.27. The predicted octanol–water partition coefficient (Wildman–Crippen LogP) is 0.0198. The minimum absolute atomic E-state index is 0.0394. The van der Waals surface area contributed by atoms with Crippen LogP contribution in [-0.2, 0) is 10.0 Å². The van der Waals surface area contributed by atoms with E-state index in [1.165, 1.54) is 25.1 Å². The lowest BCUT2D eigenvalue weighted by molar-refractivity contribution is -0.254. The minimum Gasteiger partial charge on any atom is -0.545 e. The molecule has 6 nitrogen and oxygen atoms in total. The van der Waals surface area contributed by atoms with Gasteiger partial charge in [0.1, 0.15) is 4.90 Å².